The van der Waals surface area contributed by atoms with E-state index < -0.39 is 12.1 Å². The number of H-pyrrole nitrogens is 2. The van der Waals surface area contributed by atoms with Crippen LogP contribution >= 0.6 is 0 Å². The molecule has 1 aliphatic heterocycles. The van der Waals surface area contributed by atoms with E-state index in [1.54, 1.807) is 25.0 Å². The number of carbonyl (C=O) groups excluding carboxylic acids is 2. The third-order valence-electron chi connectivity index (χ3n) is 3.22. The Morgan fingerprint density at radius 1 is 0.850 bits per heavy atom. The topological polar surface area (TPSA) is 116 Å². The first kappa shape index (κ1) is 12.4. The van der Waals surface area contributed by atoms with E-state index in [0.717, 1.165) is 11.4 Å². The van der Waals surface area contributed by atoms with Crippen LogP contribution in [0.15, 0.2) is 25.0 Å². The van der Waals surface area contributed by atoms with Gasteiger partial charge < -0.3 is 20.6 Å². The molecule has 8 nitrogen and oxygen atoms in total. The maximum atomic E-state index is 12.0. The number of piperazine rings is 1. The van der Waals surface area contributed by atoms with Crippen molar-refractivity contribution in [2.45, 2.75) is 24.9 Å². The van der Waals surface area contributed by atoms with Gasteiger partial charge in [-0.2, -0.15) is 0 Å². The number of nitrogens with one attached hydrogen (secondary N) is 4. The Hall–Kier alpha value is -2.64. The third-order valence-corrected chi connectivity index (χ3v) is 3.22. The summed E-state index contributed by atoms with van der Waals surface area (Å²) in [6, 6.07) is -1.14. The molecule has 0 spiro atoms. The van der Waals surface area contributed by atoms with Crippen LogP contribution in [0.5, 0.6) is 0 Å². The van der Waals surface area contributed by atoms with Crippen LogP contribution in [0.25, 0.3) is 0 Å². The lowest BCUT2D eigenvalue weighted by molar-refractivity contribution is -0.136. The smallest absolute Gasteiger partial charge is 0.243 e. The zero-order chi connectivity index (χ0) is 13.9. The van der Waals surface area contributed by atoms with Gasteiger partial charge in [-0.3, -0.25) is 9.59 Å². The van der Waals surface area contributed by atoms with Gasteiger partial charge in [-0.1, -0.05) is 0 Å². The highest BCUT2D eigenvalue weighted by atomic mass is 16.2. The van der Waals surface area contributed by atoms with Gasteiger partial charge in [-0.15, -0.1) is 0 Å². The number of amides is 2. The molecule has 2 amide bonds. The second-order valence-corrected chi connectivity index (χ2v) is 4.68. The van der Waals surface area contributed by atoms with Crippen LogP contribution in [0.3, 0.4) is 0 Å². The Morgan fingerprint density at radius 3 is 1.65 bits per heavy atom. The van der Waals surface area contributed by atoms with Gasteiger partial charge in [0.2, 0.25) is 11.8 Å². The Bertz CT molecular complexity index is 537. The van der Waals surface area contributed by atoms with Gasteiger partial charge in [0.05, 0.1) is 12.7 Å². The van der Waals surface area contributed by atoms with Crippen LogP contribution in [-0.4, -0.2) is 43.8 Å². The fourth-order valence-electron chi connectivity index (χ4n) is 2.20. The van der Waals surface area contributed by atoms with Crippen LogP contribution in [-0.2, 0) is 22.4 Å². The Balaban J connectivity index is 1.64. The van der Waals surface area contributed by atoms with E-state index in [2.05, 4.69) is 30.6 Å². The number of aromatic amines is 2. The number of imidazole rings is 2. The Morgan fingerprint density at radius 2 is 1.30 bits per heavy atom. The van der Waals surface area contributed by atoms with Crippen LogP contribution in [0.2, 0.25) is 0 Å². The summed E-state index contributed by atoms with van der Waals surface area (Å²) in [7, 11) is 0. The molecule has 8 heteroatoms. The summed E-state index contributed by atoms with van der Waals surface area (Å²) >= 11 is 0. The quantitative estimate of drug-likeness (QED) is 0.566. The lowest BCUT2D eigenvalue weighted by Gasteiger charge is -2.29. The van der Waals surface area contributed by atoms with Gasteiger partial charge in [0.25, 0.3) is 0 Å². The van der Waals surface area contributed by atoms with Crippen LogP contribution < -0.4 is 10.6 Å². The second-order valence-electron chi connectivity index (χ2n) is 4.68. The molecule has 2 aromatic heterocycles. The molecule has 1 fully saturated rings. The minimum absolute atomic E-state index is 0.191. The van der Waals surface area contributed by atoms with E-state index >= 15 is 0 Å². The third kappa shape index (κ3) is 2.53. The number of carbonyl (C=O) groups is 2. The first-order valence-electron chi connectivity index (χ1n) is 6.27. The highest BCUT2D eigenvalue weighted by molar-refractivity contribution is 5.97. The van der Waals surface area contributed by atoms with E-state index in [1.807, 2.05) is 0 Å². The van der Waals surface area contributed by atoms with Crippen molar-refractivity contribution < 1.29 is 9.59 Å². The molecule has 104 valence electrons. The number of aromatic nitrogens is 4. The maximum Gasteiger partial charge on any atom is 0.243 e. The van der Waals surface area contributed by atoms with Crippen molar-refractivity contribution >= 4 is 11.8 Å². The standard InChI is InChI=1S/C12H14N6O2/c19-11-9(1-7-3-13-5-15-7)17-12(20)10(18-11)2-8-4-14-6-16-8/h3-6,9-10H,1-2H2,(H,13,15)(H,14,16)(H,17,20)(H,18,19). The summed E-state index contributed by atoms with van der Waals surface area (Å²) in [4.78, 5) is 37.6. The molecule has 1 saturated heterocycles. The molecule has 3 rings (SSSR count). The fourth-order valence-corrected chi connectivity index (χ4v) is 2.20. The molecular formula is C12H14N6O2. The van der Waals surface area contributed by atoms with E-state index in [4.69, 9.17) is 0 Å². The Labute approximate surface area is 114 Å². The normalized spacial score (nSPS) is 22.4. The maximum absolute atomic E-state index is 12.0. The number of rotatable bonds is 4. The van der Waals surface area contributed by atoms with Crippen molar-refractivity contribution in [3.8, 4) is 0 Å². The summed E-state index contributed by atoms with van der Waals surface area (Å²) < 4.78 is 0. The molecule has 0 saturated carbocycles. The minimum Gasteiger partial charge on any atom is -0.348 e. The predicted octanol–water partition coefficient (Wildman–Crippen LogP) is -1.10. The summed E-state index contributed by atoms with van der Waals surface area (Å²) in [5, 5.41) is 5.47. The van der Waals surface area contributed by atoms with Crippen LogP contribution in [0, 0.1) is 0 Å². The summed E-state index contributed by atoms with van der Waals surface area (Å²) in [5.74, 6) is -0.382. The molecule has 4 N–H and O–H groups in total. The van der Waals surface area contributed by atoms with E-state index in [9.17, 15) is 9.59 Å². The van der Waals surface area contributed by atoms with Crippen molar-refractivity contribution in [3.63, 3.8) is 0 Å². The average molecular weight is 274 g/mol. The van der Waals surface area contributed by atoms with Crippen molar-refractivity contribution in [1.29, 1.82) is 0 Å². The SMILES string of the molecule is O=C1NC(Cc2cnc[nH]2)C(=O)NC1Cc1cnc[nH]1. The van der Waals surface area contributed by atoms with Gasteiger partial charge in [0.1, 0.15) is 12.1 Å². The number of hydrogen-bond acceptors (Lipinski definition) is 4. The van der Waals surface area contributed by atoms with Crippen molar-refractivity contribution in [2.75, 3.05) is 0 Å². The minimum atomic E-state index is -0.569. The zero-order valence-corrected chi connectivity index (χ0v) is 10.6. The van der Waals surface area contributed by atoms with Crippen molar-refractivity contribution in [1.82, 2.24) is 30.6 Å². The van der Waals surface area contributed by atoms with E-state index in [1.165, 1.54) is 0 Å². The number of hydrogen-bond donors (Lipinski definition) is 4. The molecule has 0 aliphatic carbocycles. The highest BCUT2D eigenvalue weighted by Crippen LogP contribution is 2.07. The molecule has 0 aromatic carbocycles. The predicted molar refractivity (Wildman–Crippen MR) is 68.4 cm³/mol. The van der Waals surface area contributed by atoms with Crippen LogP contribution in [0.4, 0.5) is 0 Å². The first-order valence-corrected chi connectivity index (χ1v) is 6.27. The molecule has 20 heavy (non-hydrogen) atoms. The molecule has 1 aliphatic rings. The van der Waals surface area contributed by atoms with Gasteiger partial charge >= 0.3 is 0 Å². The average Bonchev–Trinajstić information content (AvgIpc) is 3.08. The number of nitrogens with zero attached hydrogens (tertiary/aromatic N) is 2. The van der Waals surface area contributed by atoms with E-state index in [0.29, 0.717) is 12.8 Å². The molecule has 2 atom stereocenters. The lowest BCUT2D eigenvalue weighted by Crippen LogP contribution is -2.62. The lowest BCUT2D eigenvalue weighted by atomic mass is 10.0. The van der Waals surface area contributed by atoms with Gasteiger partial charge in [-0.25, -0.2) is 9.97 Å². The van der Waals surface area contributed by atoms with E-state index in [-0.39, 0.29) is 11.8 Å². The van der Waals surface area contributed by atoms with Gasteiger partial charge in [0.15, 0.2) is 0 Å². The second kappa shape index (κ2) is 5.16. The molecule has 0 radical (unpaired) electrons. The van der Waals surface area contributed by atoms with Crippen molar-refractivity contribution in [3.05, 3.63) is 36.4 Å². The summed E-state index contributed by atoms with van der Waals surface area (Å²) in [6.07, 6.45) is 7.15. The molecular weight excluding hydrogens is 260 g/mol. The molecule has 2 unspecified atom stereocenters. The summed E-state index contributed by atoms with van der Waals surface area (Å²) in [6.45, 7) is 0. The van der Waals surface area contributed by atoms with Crippen molar-refractivity contribution in [2.24, 2.45) is 0 Å². The van der Waals surface area contributed by atoms with Gasteiger partial charge in [-0.05, 0) is 0 Å². The molecule has 0 bridgehead atoms. The fraction of sp³-hybridized carbons (Fsp3) is 0.333. The first-order chi connectivity index (χ1) is 9.72. The molecule has 2 aromatic rings. The Kier molecular flexibility index (Phi) is 3.20. The monoisotopic (exact) mass is 274 g/mol. The zero-order valence-electron chi connectivity index (χ0n) is 10.6. The largest absolute Gasteiger partial charge is 0.348 e. The highest BCUT2D eigenvalue weighted by Gasteiger charge is 2.33. The summed E-state index contributed by atoms with van der Waals surface area (Å²) in [5.41, 5.74) is 1.61. The van der Waals surface area contributed by atoms with Crippen LogP contribution in [0.1, 0.15) is 11.4 Å². The van der Waals surface area contributed by atoms with Gasteiger partial charge in [0, 0.05) is 36.6 Å². The molecule has 3 heterocycles.